The number of methoxy groups -OCH3 is 1. The Bertz CT molecular complexity index is 496. The van der Waals surface area contributed by atoms with E-state index in [0.29, 0.717) is 11.3 Å². The molecule has 0 aliphatic heterocycles. The number of aryl methyl sites for hydroxylation is 2. The maximum Gasteiger partial charge on any atom is 0.241 e. The molecule has 0 saturated carbocycles. The average molecular weight is 259 g/mol. The van der Waals surface area contributed by atoms with Gasteiger partial charge in [-0.05, 0) is 25.0 Å². The standard InChI is InChI=1S/C11H17NO4S/c1-8-6-9(2)11(7-10(8)16-3)17(14,15)12-4-5-13/h6-7,12-13H,4-5H2,1-3H3. The molecule has 17 heavy (non-hydrogen) atoms. The van der Waals surface area contributed by atoms with Crippen molar-refractivity contribution < 1.29 is 18.3 Å². The molecule has 0 heterocycles. The predicted molar refractivity (Wildman–Crippen MR) is 64.7 cm³/mol. The first-order chi connectivity index (χ1) is 7.92. The van der Waals surface area contributed by atoms with Gasteiger partial charge in [0.2, 0.25) is 10.0 Å². The van der Waals surface area contributed by atoms with E-state index in [4.69, 9.17) is 9.84 Å². The quantitative estimate of drug-likeness (QED) is 0.811. The first-order valence-corrected chi connectivity index (χ1v) is 6.66. The summed E-state index contributed by atoms with van der Waals surface area (Å²) < 4.78 is 31.2. The van der Waals surface area contributed by atoms with E-state index in [9.17, 15) is 8.42 Å². The van der Waals surface area contributed by atoms with Crippen LogP contribution in [0.2, 0.25) is 0 Å². The second-order valence-corrected chi connectivity index (χ2v) is 5.44. The number of hydrogen-bond acceptors (Lipinski definition) is 4. The molecule has 0 amide bonds. The summed E-state index contributed by atoms with van der Waals surface area (Å²) in [7, 11) is -2.10. The molecule has 0 bridgehead atoms. The lowest BCUT2D eigenvalue weighted by Crippen LogP contribution is -2.27. The number of rotatable bonds is 5. The Morgan fingerprint density at radius 3 is 2.47 bits per heavy atom. The fraction of sp³-hybridized carbons (Fsp3) is 0.455. The van der Waals surface area contributed by atoms with Crippen molar-refractivity contribution in [1.82, 2.24) is 4.72 Å². The Balaban J connectivity index is 3.22. The Morgan fingerprint density at radius 2 is 1.94 bits per heavy atom. The molecule has 0 aliphatic rings. The van der Waals surface area contributed by atoms with Crippen LogP contribution >= 0.6 is 0 Å². The summed E-state index contributed by atoms with van der Waals surface area (Å²) in [6.45, 7) is 3.34. The van der Waals surface area contributed by atoms with Gasteiger partial charge in [-0.25, -0.2) is 13.1 Å². The summed E-state index contributed by atoms with van der Waals surface area (Å²) in [4.78, 5) is 0.174. The SMILES string of the molecule is COc1cc(S(=O)(=O)NCCO)c(C)cc1C. The van der Waals surface area contributed by atoms with Crippen LogP contribution < -0.4 is 9.46 Å². The van der Waals surface area contributed by atoms with Gasteiger partial charge in [0.15, 0.2) is 0 Å². The average Bonchev–Trinajstić information content (AvgIpc) is 2.26. The zero-order valence-electron chi connectivity index (χ0n) is 10.1. The van der Waals surface area contributed by atoms with Crippen molar-refractivity contribution in [3.05, 3.63) is 23.3 Å². The molecule has 0 unspecified atom stereocenters. The molecule has 0 fully saturated rings. The third-order valence-electron chi connectivity index (χ3n) is 2.39. The number of sulfonamides is 1. The van der Waals surface area contributed by atoms with Crippen molar-refractivity contribution in [3.63, 3.8) is 0 Å². The first kappa shape index (κ1) is 14.0. The summed E-state index contributed by atoms with van der Waals surface area (Å²) in [6, 6.07) is 3.25. The summed E-state index contributed by atoms with van der Waals surface area (Å²) >= 11 is 0. The first-order valence-electron chi connectivity index (χ1n) is 5.18. The van der Waals surface area contributed by atoms with Gasteiger partial charge in [-0.1, -0.05) is 6.07 Å². The molecule has 0 saturated heterocycles. The Morgan fingerprint density at radius 1 is 1.29 bits per heavy atom. The minimum Gasteiger partial charge on any atom is -0.496 e. The molecule has 0 atom stereocenters. The van der Waals surface area contributed by atoms with Crippen molar-refractivity contribution in [2.45, 2.75) is 18.7 Å². The summed E-state index contributed by atoms with van der Waals surface area (Å²) in [5, 5.41) is 8.64. The Kier molecular flexibility index (Phi) is 4.50. The highest BCUT2D eigenvalue weighted by Gasteiger charge is 2.18. The number of aliphatic hydroxyl groups is 1. The number of aliphatic hydroxyl groups excluding tert-OH is 1. The van der Waals surface area contributed by atoms with Crippen LogP contribution in [0.1, 0.15) is 11.1 Å². The van der Waals surface area contributed by atoms with Crippen molar-refractivity contribution in [3.8, 4) is 5.75 Å². The summed E-state index contributed by atoms with van der Waals surface area (Å²) in [5.74, 6) is 0.528. The van der Waals surface area contributed by atoms with Crippen molar-refractivity contribution in [1.29, 1.82) is 0 Å². The van der Waals surface area contributed by atoms with Crippen LogP contribution in [0.25, 0.3) is 0 Å². The number of benzene rings is 1. The molecule has 6 heteroatoms. The number of nitrogens with one attached hydrogen (secondary N) is 1. The van der Waals surface area contributed by atoms with Crippen LogP contribution in [0, 0.1) is 13.8 Å². The molecule has 2 N–H and O–H groups in total. The predicted octanol–water partition coefficient (Wildman–Crippen LogP) is 0.583. The number of hydrogen-bond donors (Lipinski definition) is 2. The topological polar surface area (TPSA) is 75.6 Å². The smallest absolute Gasteiger partial charge is 0.241 e. The highest BCUT2D eigenvalue weighted by Crippen LogP contribution is 2.25. The van der Waals surface area contributed by atoms with Gasteiger partial charge in [-0.15, -0.1) is 0 Å². The van der Waals surface area contributed by atoms with Crippen LogP contribution in [-0.2, 0) is 10.0 Å². The fourth-order valence-corrected chi connectivity index (χ4v) is 2.84. The minimum absolute atomic E-state index is 0.00202. The van der Waals surface area contributed by atoms with Crippen LogP contribution in [0.15, 0.2) is 17.0 Å². The zero-order chi connectivity index (χ0) is 13.1. The normalized spacial score (nSPS) is 11.5. The summed E-state index contributed by atoms with van der Waals surface area (Å²) in [5.41, 5.74) is 1.53. The third kappa shape index (κ3) is 3.18. The fourth-order valence-electron chi connectivity index (χ4n) is 1.58. The van der Waals surface area contributed by atoms with Crippen molar-refractivity contribution in [2.24, 2.45) is 0 Å². The van der Waals surface area contributed by atoms with Gasteiger partial charge in [-0.3, -0.25) is 0 Å². The second kappa shape index (κ2) is 5.48. The highest BCUT2D eigenvalue weighted by atomic mass is 32.2. The van der Waals surface area contributed by atoms with Gasteiger partial charge < -0.3 is 9.84 Å². The zero-order valence-corrected chi connectivity index (χ0v) is 11.0. The molecule has 96 valence electrons. The van der Waals surface area contributed by atoms with E-state index in [0.717, 1.165) is 5.56 Å². The van der Waals surface area contributed by atoms with Gasteiger partial charge in [0.1, 0.15) is 5.75 Å². The molecular weight excluding hydrogens is 242 g/mol. The minimum atomic E-state index is -3.59. The maximum atomic E-state index is 11.9. The molecule has 1 rings (SSSR count). The van der Waals surface area contributed by atoms with E-state index in [1.807, 2.05) is 6.92 Å². The second-order valence-electron chi connectivity index (χ2n) is 3.71. The monoisotopic (exact) mass is 259 g/mol. The van der Waals surface area contributed by atoms with Crippen LogP contribution in [0.3, 0.4) is 0 Å². The van der Waals surface area contributed by atoms with Gasteiger partial charge >= 0.3 is 0 Å². The van der Waals surface area contributed by atoms with Crippen LogP contribution in [0.4, 0.5) is 0 Å². The lowest BCUT2D eigenvalue weighted by molar-refractivity contribution is 0.301. The molecule has 5 nitrogen and oxygen atoms in total. The summed E-state index contributed by atoms with van der Waals surface area (Å²) in [6.07, 6.45) is 0. The largest absolute Gasteiger partial charge is 0.496 e. The van der Waals surface area contributed by atoms with E-state index in [1.165, 1.54) is 13.2 Å². The van der Waals surface area contributed by atoms with Gasteiger partial charge in [0.25, 0.3) is 0 Å². The lowest BCUT2D eigenvalue weighted by Gasteiger charge is -2.12. The van der Waals surface area contributed by atoms with E-state index >= 15 is 0 Å². The molecule has 1 aromatic rings. The van der Waals surface area contributed by atoms with Crippen molar-refractivity contribution >= 4 is 10.0 Å². The molecular formula is C11H17NO4S. The Hall–Kier alpha value is -1.11. The van der Waals surface area contributed by atoms with E-state index in [2.05, 4.69) is 4.72 Å². The molecule has 0 spiro atoms. The van der Waals surface area contributed by atoms with Crippen LogP contribution in [-0.4, -0.2) is 33.8 Å². The molecule has 0 radical (unpaired) electrons. The van der Waals surface area contributed by atoms with E-state index in [-0.39, 0.29) is 18.0 Å². The molecule has 1 aromatic carbocycles. The Labute approximate surface area is 101 Å². The highest BCUT2D eigenvalue weighted by molar-refractivity contribution is 7.89. The number of ether oxygens (including phenoxy) is 1. The van der Waals surface area contributed by atoms with E-state index in [1.54, 1.807) is 13.0 Å². The maximum absolute atomic E-state index is 11.9. The molecule has 0 aliphatic carbocycles. The van der Waals surface area contributed by atoms with Crippen molar-refractivity contribution in [2.75, 3.05) is 20.3 Å². The molecule has 0 aromatic heterocycles. The van der Waals surface area contributed by atoms with E-state index < -0.39 is 10.0 Å². The van der Waals surface area contributed by atoms with Crippen LogP contribution in [0.5, 0.6) is 5.75 Å². The lowest BCUT2D eigenvalue weighted by atomic mass is 10.1. The van der Waals surface area contributed by atoms with Gasteiger partial charge in [0, 0.05) is 12.6 Å². The van der Waals surface area contributed by atoms with Gasteiger partial charge in [0.05, 0.1) is 18.6 Å². The third-order valence-corrected chi connectivity index (χ3v) is 3.99. The van der Waals surface area contributed by atoms with Gasteiger partial charge in [-0.2, -0.15) is 0 Å².